The van der Waals surface area contributed by atoms with Gasteiger partial charge >= 0.3 is 0 Å². The second-order valence-electron chi connectivity index (χ2n) is 2.38. The Bertz CT molecular complexity index is 282. The van der Waals surface area contributed by atoms with Gasteiger partial charge in [0.25, 0.3) is 0 Å². The Morgan fingerprint density at radius 1 is 0.440 bits per heavy atom. The van der Waals surface area contributed by atoms with Gasteiger partial charge in [-0.25, -0.2) is 0 Å². The summed E-state index contributed by atoms with van der Waals surface area (Å²) in [5, 5.41) is 87.1. The Kier molecular flexibility index (Phi) is 20.5. The minimum absolute atomic E-state index is 0. The van der Waals surface area contributed by atoms with Gasteiger partial charge in [-0.05, 0) is 0 Å². The van der Waals surface area contributed by atoms with E-state index in [1.54, 1.807) is 0 Å². The summed E-state index contributed by atoms with van der Waals surface area (Å²) in [5.41, 5.74) is 0. The fourth-order valence-corrected chi connectivity index (χ4v) is 0. The van der Waals surface area contributed by atoms with Crippen LogP contribution in [-0.2, 0) is 21.1 Å². The number of nitroso groups, excluding NO2 is 4. The molecular weight excluding hydrogens is 563 g/mol. The number of rotatable bonds is 4. The average Bonchev–Trinajstić information content (AvgIpc) is 2.37. The number of nitrogens with zero attached hydrogens (tertiary/aromatic N) is 8. The summed E-state index contributed by atoms with van der Waals surface area (Å²) in [4.78, 5) is 34.9. The van der Waals surface area contributed by atoms with Crippen molar-refractivity contribution in [3.8, 4) is 0 Å². The van der Waals surface area contributed by atoms with Gasteiger partial charge in [0.15, 0.2) is 0 Å². The van der Waals surface area contributed by atoms with E-state index in [1.165, 1.54) is 21.1 Å². The van der Waals surface area contributed by atoms with E-state index in [0.717, 1.165) is 0 Å². The minimum Gasteiger partial charge on any atom is -0.533 e. The largest absolute Gasteiger partial charge is 0.533 e. The molecule has 0 unspecified atom stereocenters. The Morgan fingerprint density at radius 2 is 0.480 bits per heavy atom. The van der Waals surface area contributed by atoms with Gasteiger partial charge in [-0.1, -0.05) is 19.6 Å². The van der Waals surface area contributed by atoms with Crippen molar-refractivity contribution < 1.29 is 83.1 Å². The topological polar surface area (TPSA) is 372 Å². The second-order valence-corrected chi connectivity index (χ2v) is 2.38. The van der Waals surface area contributed by atoms with Gasteiger partial charge < -0.3 is 20.8 Å². The monoisotopic (exact) mass is 571 g/mol. The molecule has 0 aliphatic rings. The predicted octanol–water partition coefficient (Wildman–Crippen LogP) is -0.959. The van der Waals surface area contributed by atoms with Gasteiger partial charge in [-0.3, -0.25) is 0 Å². The van der Waals surface area contributed by atoms with Crippen LogP contribution in [0.3, 0.4) is 0 Å². The van der Waals surface area contributed by atoms with Gasteiger partial charge in [-0.15, -0.1) is 41.7 Å². The molecule has 0 bridgehead atoms. The number of hydrogen-bond acceptors (Lipinski definition) is 20. The molecule has 0 aromatic carbocycles. The Labute approximate surface area is 145 Å². The summed E-state index contributed by atoms with van der Waals surface area (Å²) in [5.74, 6) is 0. The third kappa shape index (κ3) is 86.0. The van der Waals surface area contributed by atoms with E-state index in [9.17, 15) is 0 Å². The van der Waals surface area contributed by atoms with Crippen molar-refractivity contribution in [2.75, 3.05) is 0 Å². The van der Waals surface area contributed by atoms with Crippen molar-refractivity contribution in [2.45, 2.75) is 0 Å². The van der Waals surface area contributed by atoms with Crippen molar-refractivity contribution in [1.82, 2.24) is 0 Å². The van der Waals surface area contributed by atoms with Crippen LogP contribution in [0.2, 0.25) is 0 Å². The SMILES string of the molecule is O=N[N+]([O-])(O)O.O=N[N+]([O-])(O)O.O=N[N+]([O-])(O)O.O=N[N+]([O-])(O)O.[Pt]. The first kappa shape index (κ1) is 34.7. The van der Waals surface area contributed by atoms with Crippen LogP contribution in [0.15, 0.2) is 21.1 Å². The fraction of sp³-hybridized carbons (Fsp3) is 0. The quantitative estimate of drug-likeness (QED) is 0.114. The van der Waals surface area contributed by atoms with Crippen molar-refractivity contribution in [2.24, 2.45) is 21.1 Å². The first-order valence-corrected chi connectivity index (χ1v) is 3.86. The van der Waals surface area contributed by atoms with Gasteiger partial charge in [0.05, 0.1) is 20.3 Å². The summed E-state index contributed by atoms with van der Waals surface area (Å²) in [6.45, 7) is 0. The van der Waals surface area contributed by atoms with E-state index in [4.69, 9.17) is 82.1 Å². The first-order chi connectivity index (χ1) is 10.2. The van der Waals surface area contributed by atoms with Crippen LogP contribution in [0.25, 0.3) is 0 Å². The maximum absolute atomic E-state index is 9.04. The zero-order valence-corrected chi connectivity index (χ0v) is 13.0. The number of hydrogen-bond donors (Lipinski definition) is 8. The average molecular weight is 571 g/mol. The Morgan fingerprint density at radius 3 is 0.480 bits per heavy atom. The van der Waals surface area contributed by atoms with Crippen LogP contribution in [0.5, 0.6) is 0 Å². The smallest absolute Gasteiger partial charge is 0.228 e. The molecule has 0 saturated carbocycles. The summed E-state index contributed by atoms with van der Waals surface area (Å²) in [6, 6.07) is 0. The molecule has 0 aromatic rings. The molecule has 0 heterocycles. The van der Waals surface area contributed by atoms with Crippen molar-refractivity contribution in [3.05, 3.63) is 40.5 Å². The van der Waals surface area contributed by atoms with Crippen molar-refractivity contribution in [1.29, 1.82) is 0 Å². The van der Waals surface area contributed by atoms with Crippen molar-refractivity contribution >= 4 is 0 Å². The van der Waals surface area contributed by atoms with Crippen LogP contribution in [-0.4, -0.2) is 62.0 Å². The predicted molar refractivity (Wildman–Crippen MR) is 52.0 cm³/mol. The summed E-state index contributed by atoms with van der Waals surface area (Å²) in [7, 11) is 0. The minimum atomic E-state index is -3.11. The molecule has 0 aliphatic carbocycles. The molecule has 0 aliphatic heterocycles. The molecule has 25 heavy (non-hydrogen) atoms. The molecule has 0 saturated heterocycles. The van der Waals surface area contributed by atoms with E-state index in [1.807, 2.05) is 0 Å². The maximum atomic E-state index is 9.04. The van der Waals surface area contributed by atoms with Crippen LogP contribution in [0.4, 0.5) is 0 Å². The zero-order chi connectivity index (χ0) is 20.8. The molecule has 24 nitrogen and oxygen atoms in total. The first-order valence-electron chi connectivity index (χ1n) is 3.86. The van der Waals surface area contributed by atoms with Crippen LogP contribution >= 0.6 is 0 Å². The number of quaternary nitrogens is 4. The molecule has 0 radical (unpaired) electrons. The zero-order valence-electron chi connectivity index (χ0n) is 10.7. The van der Waals surface area contributed by atoms with Crippen LogP contribution < -0.4 is 0 Å². The van der Waals surface area contributed by atoms with Crippen molar-refractivity contribution in [3.63, 3.8) is 0 Å². The Hall–Kier alpha value is -1.55. The fourth-order valence-electron chi connectivity index (χ4n) is 0. The second kappa shape index (κ2) is 14.8. The molecule has 0 spiro atoms. The molecule has 0 aromatic heterocycles. The summed E-state index contributed by atoms with van der Waals surface area (Å²) < 4.78 is 0. The van der Waals surface area contributed by atoms with E-state index in [-0.39, 0.29) is 21.1 Å². The maximum Gasteiger partial charge on any atom is 0.228 e. The molecule has 8 N–H and O–H groups in total. The van der Waals surface area contributed by atoms with E-state index in [2.05, 4.69) is 0 Å². The van der Waals surface area contributed by atoms with Crippen LogP contribution in [0, 0.1) is 40.5 Å². The molecular formula is H8N8O16Pt. The third-order valence-electron chi connectivity index (χ3n) is 0.425. The molecule has 154 valence electrons. The van der Waals surface area contributed by atoms with Gasteiger partial charge in [-0.2, -0.15) is 0 Å². The third-order valence-corrected chi connectivity index (χ3v) is 0.425. The normalized spacial score (nSPS) is 10.7. The van der Waals surface area contributed by atoms with E-state index in [0.29, 0.717) is 0 Å². The van der Waals surface area contributed by atoms with E-state index < -0.39 is 20.3 Å². The summed E-state index contributed by atoms with van der Waals surface area (Å²) >= 11 is 0. The van der Waals surface area contributed by atoms with Crippen LogP contribution in [0.1, 0.15) is 0 Å². The Balaban J connectivity index is -0.0000000702. The van der Waals surface area contributed by atoms with Gasteiger partial charge in [0.1, 0.15) is 0 Å². The molecule has 0 amide bonds. The van der Waals surface area contributed by atoms with Gasteiger partial charge in [0, 0.05) is 21.1 Å². The molecule has 0 atom stereocenters. The standard InChI is InChI=1S/4H2N2O4.Pt/c4*3-1-2(4,5)6;/h4*4-5H;. The molecule has 0 fully saturated rings. The summed E-state index contributed by atoms with van der Waals surface area (Å²) in [6.07, 6.45) is 0. The van der Waals surface area contributed by atoms with E-state index >= 15 is 0 Å². The molecule has 0 rings (SSSR count). The van der Waals surface area contributed by atoms with Gasteiger partial charge in [0.2, 0.25) is 21.1 Å². The molecule has 25 heteroatoms.